The highest BCUT2D eigenvalue weighted by Gasteiger charge is 2.33. The van der Waals surface area contributed by atoms with E-state index >= 15 is 0 Å². The molecule has 7 nitrogen and oxygen atoms in total. The number of methoxy groups -OCH3 is 1. The van der Waals surface area contributed by atoms with E-state index in [9.17, 15) is 4.79 Å². The molecule has 7 heteroatoms. The summed E-state index contributed by atoms with van der Waals surface area (Å²) < 4.78 is 10.0. The molecule has 1 amide bonds. The molecule has 0 bridgehead atoms. The van der Waals surface area contributed by atoms with E-state index in [0.717, 1.165) is 69.1 Å². The molecule has 6 rings (SSSR count). The third-order valence-corrected chi connectivity index (χ3v) is 8.24. The number of ether oxygens (including phenoxy) is 1. The third-order valence-electron chi connectivity index (χ3n) is 8.24. The molecular weight excluding hydrogens is 474 g/mol. The summed E-state index contributed by atoms with van der Waals surface area (Å²) in [5, 5.41) is 0. The minimum atomic E-state index is 0.0424. The Balaban J connectivity index is 1.08. The van der Waals surface area contributed by atoms with Crippen LogP contribution in [0.15, 0.2) is 73.3 Å². The summed E-state index contributed by atoms with van der Waals surface area (Å²) in [6.45, 7) is 3.07. The highest BCUT2D eigenvalue weighted by Crippen LogP contribution is 2.34. The molecule has 0 radical (unpaired) electrons. The molecule has 2 aliphatic rings. The van der Waals surface area contributed by atoms with Gasteiger partial charge in [-0.25, -0.2) is 9.97 Å². The number of fused-ring (bicyclic) bond motifs is 1. The van der Waals surface area contributed by atoms with Crippen molar-refractivity contribution in [1.82, 2.24) is 24.0 Å². The van der Waals surface area contributed by atoms with Gasteiger partial charge >= 0.3 is 0 Å². The van der Waals surface area contributed by atoms with Crippen LogP contribution < -0.4 is 4.74 Å². The zero-order chi connectivity index (χ0) is 25.9. The van der Waals surface area contributed by atoms with Crippen molar-refractivity contribution in [2.24, 2.45) is 5.92 Å². The molecule has 2 aromatic carbocycles. The van der Waals surface area contributed by atoms with E-state index in [1.807, 2.05) is 36.8 Å². The summed E-state index contributed by atoms with van der Waals surface area (Å²) in [7, 11) is 1.71. The van der Waals surface area contributed by atoms with Crippen molar-refractivity contribution in [3.63, 3.8) is 0 Å². The molecule has 3 heterocycles. The van der Waals surface area contributed by atoms with Crippen molar-refractivity contribution in [3.8, 4) is 5.75 Å². The van der Waals surface area contributed by atoms with Gasteiger partial charge in [0.1, 0.15) is 17.4 Å². The van der Waals surface area contributed by atoms with E-state index in [4.69, 9.17) is 9.72 Å². The SMILES string of the molecule is COc1cccc2c1CC(C(=O)N1CCC(c3nccn3Cc3nccn3Cc3ccccc3)CC1)CC2. The fourth-order valence-corrected chi connectivity index (χ4v) is 6.16. The Labute approximate surface area is 224 Å². The number of imidazole rings is 2. The van der Waals surface area contributed by atoms with Gasteiger partial charge in [-0.2, -0.15) is 0 Å². The van der Waals surface area contributed by atoms with Crippen molar-refractivity contribution in [2.75, 3.05) is 20.2 Å². The summed E-state index contributed by atoms with van der Waals surface area (Å²) in [4.78, 5) is 24.9. The Morgan fingerprint density at radius 3 is 2.53 bits per heavy atom. The van der Waals surface area contributed by atoms with Gasteiger partial charge in [0, 0.05) is 56.3 Å². The minimum Gasteiger partial charge on any atom is -0.496 e. The molecule has 196 valence electrons. The first kappa shape index (κ1) is 24.5. The maximum absolute atomic E-state index is 13.5. The summed E-state index contributed by atoms with van der Waals surface area (Å²) in [6, 6.07) is 16.7. The van der Waals surface area contributed by atoms with E-state index in [-0.39, 0.29) is 5.92 Å². The number of aryl methyl sites for hydroxylation is 1. The van der Waals surface area contributed by atoms with E-state index in [1.54, 1.807) is 7.11 Å². The van der Waals surface area contributed by atoms with Crippen LogP contribution in [0.1, 0.15) is 53.5 Å². The van der Waals surface area contributed by atoms with E-state index in [2.05, 4.69) is 55.5 Å². The van der Waals surface area contributed by atoms with Crippen LogP contribution in [-0.4, -0.2) is 50.1 Å². The van der Waals surface area contributed by atoms with E-state index in [0.29, 0.717) is 18.4 Å². The largest absolute Gasteiger partial charge is 0.496 e. The highest BCUT2D eigenvalue weighted by atomic mass is 16.5. The maximum Gasteiger partial charge on any atom is 0.226 e. The fourth-order valence-electron chi connectivity index (χ4n) is 6.16. The van der Waals surface area contributed by atoms with Crippen LogP contribution >= 0.6 is 0 Å². The normalized spacial score (nSPS) is 17.8. The van der Waals surface area contributed by atoms with Crippen molar-refractivity contribution in [3.05, 3.63) is 102 Å². The van der Waals surface area contributed by atoms with Gasteiger partial charge in [-0.05, 0) is 54.9 Å². The van der Waals surface area contributed by atoms with Gasteiger partial charge in [0.25, 0.3) is 0 Å². The summed E-state index contributed by atoms with van der Waals surface area (Å²) >= 11 is 0. The van der Waals surface area contributed by atoms with Crippen LogP contribution in [0.25, 0.3) is 0 Å². The third kappa shape index (κ3) is 4.97. The fraction of sp³-hybridized carbons (Fsp3) is 0.387. The monoisotopic (exact) mass is 509 g/mol. The lowest BCUT2D eigenvalue weighted by Gasteiger charge is -2.35. The lowest BCUT2D eigenvalue weighted by molar-refractivity contribution is -0.137. The van der Waals surface area contributed by atoms with Crippen molar-refractivity contribution < 1.29 is 9.53 Å². The quantitative estimate of drug-likeness (QED) is 0.362. The second-order valence-electron chi connectivity index (χ2n) is 10.5. The Kier molecular flexibility index (Phi) is 6.99. The number of rotatable bonds is 7. The first-order valence-corrected chi connectivity index (χ1v) is 13.7. The lowest BCUT2D eigenvalue weighted by Crippen LogP contribution is -2.43. The predicted octanol–water partition coefficient (Wildman–Crippen LogP) is 4.70. The van der Waals surface area contributed by atoms with Crippen LogP contribution in [0.5, 0.6) is 5.75 Å². The van der Waals surface area contributed by atoms with E-state index < -0.39 is 0 Å². The van der Waals surface area contributed by atoms with Gasteiger partial charge in [0.2, 0.25) is 5.91 Å². The van der Waals surface area contributed by atoms with Crippen LogP contribution in [0.4, 0.5) is 0 Å². The maximum atomic E-state index is 13.5. The number of benzene rings is 2. The molecule has 1 unspecified atom stereocenters. The predicted molar refractivity (Wildman–Crippen MR) is 146 cm³/mol. The molecule has 1 saturated heterocycles. The van der Waals surface area contributed by atoms with Gasteiger partial charge in [0.15, 0.2) is 0 Å². The molecule has 1 aliphatic carbocycles. The van der Waals surface area contributed by atoms with Gasteiger partial charge < -0.3 is 18.8 Å². The van der Waals surface area contributed by atoms with Crippen LogP contribution in [0.2, 0.25) is 0 Å². The average Bonchev–Trinajstić information content (AvgIpc) is 3.62. The number of hydrogen-bond acceptors (Lipinski definition) is 4. The number of carbonyl (C=O) groups excluding carboxylic acids is 1. The lowest BCUT2D eigenvalue weighted by atomic mass is 9.82. The highest BCUT2D eigenvalue weighted by molar-refractivity contribution is 5.80. The van der Waals surface area contributed by atoms with Crippen LogP contribution in [0.3, 0.4) is 0 Å². The first-order chi connectivity index (χ1) is 18.7. The minimum absolute atomic E-state index is 0.0424. The molecule has 1 atom stereocenters. The Morgan fingerprint density at radius 1 is 0.921 bits per heavy atom. The van der Waals surface area contributed by atoms with Crippen LogP contribution in [0, 0.1) is 5.92 Å². The number of piperidine rings is 1. The summed E-state index contributed by atoms with van der Waals surface area (Å²) in [5.41, 5.74) is 3.79. The number of aromatic nitrogens is 4. The second kappa shape index (κ2) is 10.9. The molecule has 0 saturated carbocycles. The molecule has 1 aliphatic heterocycles. The first-order valence-electron chi connectivity index (χ1n) is 13.7. The van der Waals surface area contributed by atoms with E-state index in [1.165, 1.54) is 16.7 Å². The Bertz CT molecular complexity index is 1370. The van der Waals surface area contributed by atoms with Crippen molar-refractivity contribution in [1.29, 1.82) is 0 Å². The average molecular weight is 510 g/mol. The van der Waals surface area contributed by atoms with Crippen LogP contribution in [-0.2, 0) is 30.7 Å². The van der Waals surface area contributed by atoms with Crippen molar-refractivity contribution >= 4 is 5.91 Å². The smallest absolute Gasteiger partial charge is 0.226 e. The Hall–Kier alpha value is -3.87. The standard InChI is InChI=1S/C31H35N5O2/c1-38-28-9-5-8-24-10-11-26(20-27(24)28)31(37)34-16-12-25(13-17-34)30-33-15-19-36(30)22-29-32-14-18-35(29)21-23-6-3-2-4-7-23/h2-9,14-15,18-19,25-26H,10-13,16-17,20-22H2,1H3. The zero-order valence-corrected chi connectivity index (χ0v) is 22.0. The second-order valence-corrected chi connectivity index (χ2v) is 10.5. The number of hydrogen-bond donors (Lipinski definition) is 0. The number of nitrogens with zero attached hydrogens (tertiary/aromatic N) is 5. The summed E-state index contributed by atoms with van der Waals surface area (Å²) in [6.07, 6.45) is 12.4. The molecule has 2 aromatic heterocycles. The van der Waals surface area contributed by atoms with Gasteiger partial charge in [-0.15, -0.1) is 0 Å². The van der Waals surface area contributed by atoms with Gasteiger partial charge in [-0.1, -0.05) is 42.5 Å². The topological polar surface area (TPSA) is 65.2 Å². The van der Waals surface area contributed by atoms with Crippen molar-refractivity contribution in [2.45, 2.75) is 51.1 Å². The molecule has 0 N–H and O–H groups in total. The molecule has 4 aromatic rings. The molecule has 0 spiro atoms. The Morgan fingerprint density at radius 2 is 1.71 bits per heavy atom. The zero-order valence-electron chi connectivity index (χ0n) is 22.0. The number of likely N-dealkylation sites (tertiary alicyclic amines) is 1. The number of carbonyl (C=O) groups is 1. The molecule has 1 fully saturated rings. The molecular formula is C31H35N5O2. The van der Waals surface area contributed by atoms with Gasteiger partial charge in [0.05, 0.1) is 13.7 Å². The van der Waals surface area contributed by atoms with Gasteiger partial charge in [-0.3, -0.25) is 4.79 Å². The number of amides is 1. The summed E-state index contributed by atoms with van der Waals surface area (Å²) in [5.74, 6) is 3.72. The molecule has 38 heavy (non-hydrogen) atoms.